The monoisotopic (exact) mass is 494 g/mol. The number of hydrogen-bond donors (Lipinski definition) is 0. The maximum atomic E-state index is 13.7. The van der Waals surface area contributed by atoms with E-state index in [4.69, 9.17) is 18.9 Å². The van der Waals surface area contributed by atoms with Crippen LogP contribution >= 0.6 is 11.3 Å². The molecule has 0 saturated heterocycles. The molecule has 182 valence electrons. The smallest absolute Gasteiger partial charge is 0.338 e. The fourth-order valence-corrected chi connectivity index (χ4v) is 5.12. The van der Waals surface area contributed by atoms with Crippen molar-refractivity contribution in [3.8, 4) is 17.2 Å². The normalized spacial score (nSPS) is 15.3. The predicted octanol–water partition coefficient (Wildman–Crippen LogP) is 2.82. The zero-order valence-corrected chi connectivity index (χ0v) is 21.0. The lowest BCUT2D eigenvalue weighted by Gasteiger charge is -2.25. The first kappa shape index (κ1) is 24.3. The molecular weight excluding hydrogens is 468 g/mol. The third kappa shape index (κ3) is 4.46. The number of aromatic nitrogens is 1. The van der Waals surface area contributed by atoms with Gasteiger partial charge in [-0.2, -0.15) is 0 Å². The Morgan fingerprint density at radius 2 is 1.77 bits per heavy atom. The van der Waals surface area contributed by atoms with E-state index in [0.717, 1.165) is 5.56 Å². The van der Waals surface area contributed by atoms with Crippen molar-refractivity contribution >= 4 is 23.4 Å². The Morgan fingerprint density at radius 3 is 2.46 bits per heavy atom. The average Bonchev–Trinajstić information content (AvgIpc) is 3.17. The van der Waals surface area contributed by atoms with E-state index in [1.807, 2.05) is 24.3 Å². The molecule has 2 heterocycles. The zero-order chi connectivity index (χ0) is 25.1. The number of benzene rings is 2. The number of para-hydroxylation sites is 1. The van der Waals surface area contributed by atoms with E-state index in [9.17, 15) is 9.59 Å². The van der Waals surface area contributed by atoms with E-state index in [-0.39, 0.29) is 12.2 Å². The van der Waals surface area contributed by atoms with Crippen molar-refractivity contribution in [3.63, 3.8) is 0 Å². The Hall–Kier alpha value is -3.85. The number of esters is 1. The maximum absolute atomic E-state index is 13.7. The molecule has 9 heteroatoms. The highest BCUT2D eigenvalue weighted by atomic mass is 32.1. The highest BCUT2D eigenvalue weighted by Crippen LogP contribution is 2.35. The van der Waals surface area contributed by atoms with Crippen molar-refractivity contribution in [2.45, 2.75) is 19.9 Å². The number of fused-ring (bicyclic) bond motifs is 1. The van der Waals surface area contributed by atoms with Crippen LogP contribution in [0.5, 0.6) is 17.2 Å². The van der Waals surface area contributed by atoms with Crippen molar-refractivity contribution < 1.29 is 23.7 Å². The van der Waals surface area contributed by atoms with Gasteiger partial charge in [0, 0.05) is 5.56 Å². The van der Waals surface area contributed by atoms with E-state index < -0.39 is 12.0 Å². The minimum Gasteiger partial charge on any atom is -0.496 e. The van der Waals surface area contributed by atoms with Gasteiger partial charge in [0.05, 0.1) is 43.7 Å². The van der Waals surface area contributed by atoms with Gasteiger partial charge < -0.3 is 18.9 Å². The van der Waals surface area contributed by atoms with Crippen molar-refractivity contribution in [2.75, 3.05) is 27.9 Å². The van der Waals surface area contributed by atoms with Gasteiger partial charge >= 0.3 is 5.97 Å². The van der Waals surface area contributed by atoms with Crippen LogP contribution in [0.4, 0.5) is 0 Å². The van der Waals surface area contributed by atoms with Gasteiger partial charge in [-0.3, -0.25) is 9.36 Å². The van der Waals surface area contributed by atoms with Gasteiger partial charge in [0.15, 0.2) is 16.3 Å². The third-order valence-electron chi connectivity index (χ3n) is 5.66. The van der Waals surface area contributed by atoms with Crippen LogP contribution in [0, 0.1) is 0 Å². The van der Waals surface area contributed by atoms with Crippen LogP contribution in [0.2, 0.25) is 0 Å². The Morgan fingerprint density at radius 1 is 1.06 bits per heavy atom. The Balaban J connectivity index is 1.96. The van der Waals surface area contributed by atoms with E-state index in [0.29, 0.717) is 43.4 Å². The van der Waals surface area contributed by atoms with Gasteiger partial charge in [0.25, 0.3) is 5.56 Å². The molecule has 0 N–H and O–H groups in total. The van der Waals surface area contributed by atoms with Gasteiger partial charge in [-0.05, 0) is 43.7 Å². The molecule has 0 bridgehead atoms. The lowest BCUT2D eigenvalue weighted by Crippen LogP contribution is -2.40. The molecule has 0 fully saturated rings. The predicted molar refractivity (Wildman–Crippen MR) is 133 cm³/mol. The largest absolute Gasteiger partial charge is 0.496 e. The summed E-state index contributed by atoms with van der Waals surface area (Å²) in [7, 11) is 4.68. The van der Waals surface area contributed by atoms with Crippen molar-refractivity contribution in [1.82, 2.24) is 4.57 Å². The lowest BCUT2D eigenvalue weighted by molar-refractivity contribution is -0.139. The van der Waals surface area contributed by atoms with E-state index in [2.05, 4.69) is 4.99 Å². The summed E-state index contributed by atoms with van der Waals surface area (Å²) >= 11 is 1.25. The minimum atomic E-state index is -0.742. The summed E-state index contributed by atoms with van der Waals surface area (Å²) in [5.41, 5.74) is 1.97. The Bertz CT molecular complexity index is 1480. The van der Waals surface area contributed by atoms with E-state index >= 15 is 0 Å². The molecule has 1 atom stereocenters. The molecule has 8 nitrogen and oxygen atoms in total. The molecule has 1 aromatic heterocycles. The van der Waals surface area contributed by atoms with Crippen molar-refractivity contribution in [3.05, 3.63) is 84.5 Å². The molecule has 0 aliphatic carbocycles. The number of hydrogen-bond acceptors (Lipinski definition) is 8. The van der Waals surface area contributed by atoms with Crippen molar-refractivity contribution in [2.24, 2.45) is 4.99 Å². The maximum Gasteiger partial charge on any atom is 0.338 e. The summed E-state index contributed by atoms with van der Waals surface area (Å²) < 4.78 is 23.6. The number of carbonyl (C=O) groups is 1. The Labute approximate surface area is 206 Å². The highest BCUT2D eigenvalue weighted by Gasteiger charge is 2.34. The number of carbonyl (C=O) groups excluding carboxylic acids is 1. The Kier molecular flexibility index (Phi) is 7.07. The van der Waals surface area contributed by atoms with Crippen LogP contribution < -0.4 is 29.1 Å². The number of ether oxygens (including phenoxy) is 4. The van der Waals surface area contributed by atoms with E-state index in [1.54, 1.807) is 59.5 Å². The van der Waals surface area contributed by atoms with Crippen LogP contribution in [0.25, 0.3) is 6.08 Å². The van der Waals surface area contributed by atoms with Crippen LogP contribution in [-0.4, -0.2) is 38.5 Å². The first-order valence-electron chi connectivity index (χ1n) is 11.0. The van der Waals surface area contributed by atoms with Gasteiger partial charge in [0.1, 0.15) is 11.8 Å². The number of nitrogens with zero attached hydrogens (tertiary/aromatic N) is 2. The molecule has 35 heavy (non-hydrogen) atoms. The zero-order valence-electron chi connectivity index (χ0n) is 20.2. The number of rotatable bonds is 7. The summed E-state index contributed by atoms with van der Waals surface area (Å²) in [5, 5.41) is 0. The van der Waals surface area contributed by atoms with Crippen LogP contribution in [-0.2, 0) is 9.53 Å². The molecule has 0 saturated carbocycles. The number of methoxy groups -OCH3 is 3. The molecule has 2 aromatic carbocycles. The third-order valence-corrected chi connectivity index (χ3v) is 6.64. The quantitative estimate of drug-likeness (QED) is 0.470. The van der Waals surface area contributed by atoms with Crippen LogP contribution in [0.1, 0.15) is 31.0 Å². The second-order valence-electron chi connectivity index (χ2n) is 7.66. The number of thiazole rings is 1. The molecule has 0 amide bonds. The molecule has 0 unspecified atom stereocenters. The molecule has 1 aliphatic heterocycles. The number of allylic oxidation sites excluding steroid dienone is 1. The summed E-state index contributed by atoms with van der Waals surface area (Å²) in [6, 6.07) is 12.0. The minimum absolute atomic E-state index is 0.206. The van der Waals surface area contributed by atoms with Gasteiger partial charge in [0.2, 0.25) is 0 Å². The summed E-state index contributed by atoms with van der Waals surface area (Å²) in [6.07, 6.45) is 1.77. The standard InChI is InChI=1S/C26H26N2O6S/c1-6-34-25(30)22-15(2)27-26-28(23(22)17-9-7-8-10-18(17)31-3)24(29)21(35-26)14-16-11-12-19(32-4)20(13-16)33-5/h7-14,23H,6H2,1-5H3/b21-14+/t23-/m0/s1. The second-order valence-corrected chi connectivity index (χ2v) is 8.67. The topological polar surface area (TPSA) is 88.4 Å². The molecule has 4 rings (SSSR count). The van der Waals surface area contributed by atoms with Crippen LogP contribution in [0.15, 0.2) is 63.5 Å². The van der Waals surface area contributed by atoms with Crippen molar-refractivity contribution in [1.29, 1.82) is 0 Å². The van der Waals surface area contributed by atoms with E-state index in [1.165, 1.54) is 15.9 Å². The molecule has 3 aromatic rings. The molecule has 0 radical (unpaired) electrons. The SMILES string of the molecule is CCOC(=O)C1=C(C)N=c2s/c(=C/c3ccc(OC)c(OC)c3)c(=O)n2[C@H]1c1ccccc1OC. The second kappa shape index (κ2) is 10.2. The fourth-order valence-electron chi connectivity index (χ4n) is 4.07. The lowest BCUT2D eigenvalue weighted by atomic mass is 9.95. The summed E-state index contributed by atoms with van der Waals surface area (Å²) in [5.74, 6) is 1.20. The molecule has 0 spiro atoms. The fraction of sp³-hybridized carbons (Fsp3) is 0.269. The summed E-state index contributed by atoms with van der Waals surface area (Å²) in [6.45, 7) is 3.70. The van der Waals surface area contributed by atoms with Gasteiger partial charge in [-0.1, -0.05) is 35.6 Å². The highest BCUT2D eigenvalue weighted by molar-refractivity contribution is 7.07. The average molecular weight is 495 g/mol. The first-order chi connectivity index (χ1) is 16.9. The van der Waals surface area contributed by atoms with Gasteiger partial charge in [-0.15, -0.1) is 0 Å². The van der Waals surface area contributed by atoms with Crippen LogP contribution in [0.3, 0.4) is 0 Å². The molecule has 1 aliphatic rings. The van der Waals surface area contributed by atoms with Gasteiger partial charge in [-0.25, -0.2) is 9.79 Å². The first-order valence-corrected chi connectivity index (χ1v) is 11.8. The molecular formula is C26H26N2O6S. The summed E-state index contributed by atoms with van der Waals surface area (Å²) in [4.78, 5) is 31.8.